The number of carboxylic acid groups (broad SMARTS) is 1. The lowest BCUT2D eigenvalue weighted by Gasteiger charge is -2.16. The molecule has 0 radical (unpaired) electrons. The molecule has 0 aliphatic heterocycles. The number of unbranched alkanes of at least 4 members (excludes halogenated alkanes) is 1. The molecule has 6 heteroatoms. The first kappa shape index (κ1) is 20.2. The third kappa shape index (κ3) is 6.93. The van der Waals surface area contributed by atoms with Crippen LogP contribution >= 0.6 is 0 Å². The van der Waals surface area contributed by atoms with Crippen LogP contribution in [0.25, 0.3) is 0 Å². The Balaban J connectivity index is 1.92. The summed E-state index contributed by atoms with van der Waals surface area (Å²) in [4.78, 5) is 34.5. The van der Waals surface area contributed by atoms with E-state index in [-0.39, 0.29) is 24.4 Å². The second kappa shape index (κ2) is 10.1. The number of carbonyl (C=O) groups is 3. The summed E-state index contributed by atoms with van der Waals surface area (Å²) in [7, 11) is 0. The number of hydrogen-bond acceptors (Lipinski definition) is 5. The van der Waals surface area contributed by atoms with E-state index >= 15 is 0 Å². The molecule has 0 saturated carbocycles. The summed E-state index contributed by atoms with van der Waals surface area (Å²) in [5.41, 5.74) is 0. The number of benzene rings is 2. The number of aliphatic carboxylic acids is 1. The third-order valence-corrected chi connectivity index (χ3v) is 3.78. The van der Waals surface area contributed by atoms with Crippen molar-refractivity contribution in [2.45, 2.75) is 38.7 Å². The number of carbonyl (C=O) groups excluding carboxylic acids is 2. The Morgan fingerprint density at radius 1 is 0.852 bits per heavy atom. The largest absolute Gasteiger partial charge is 0.481 e. The zero-order valence-electron chi connectivity index (χ0n) is 15.1. The minimum atomic E-state index is -1.18. The molecule has 2 aromatic carbocycles. The van der Waals surface area contributed by atoms with Gasteiger partial charge < -0.3 is 14.6 Å². The van der Waals surface area contributed by atoms with Gasteiger partial charge in [0.1, 0.15) is 17.2 Å². The molecule has 2 rings (SSSR count). The molecule has 0 fully saturated rings. The summed E-state index contributed by atoms with van der Waals surface area (Å²) in [6, 6.07) is 15.9. The van der Waals surface area contributed by atoms with Gasteiger partial charge in [0.2, 0.25) is 6.10 Å². The number of Topliss-reactive ketones (excluding diaryl/α,β-unsaturated/α-hetero) is 2. The van der Waals surface area contributed by atoms with Gasteiger partial charge in [-0.25, -0.2) is 0 Å². The summed E-state index contributed by atoms with van der Waals surface area (Å²) in [6.07, 6.45) is -0.288. The number of hydrogen-bond donors (Lipinski definition) is 1. The lowest BCUT2D eigenvalue weighted by Crippen LogP contribution is -2.34. The average Bonchev–Trinajstić information content (AvgIpc) is 2.65. The van der Waals surface area contributed by atoms with Gasteiger partial charge in [0.05, 0.1) is 0 Å². The van der Waals surface area contributed by atoms with Crippen molar-refractivity contribution in [2.24, 2.45) is 0 Å². The molecule has 1 N–H and O–H groups in total. The van der Waals surface area contributed by atoms with Gasteiger partial charge in [-0.1, -0.05) is 18.2 Å². The molecule has 1 atom stereocenters. The second-order valence-electron chi connectivity index (χ2n) is 6.06. The first-order chi connectivity index (χ1) is 13.0. The highest BCUT2D eigenvalue weighted by Crippen LogP contribution is 2.24. The predicted octanol–water partition coefficient (Wildman–Crippen LogP) is 4.03. The van der Waals surface area contributed by atoms with Crippen molar-refractivity contribution in [1.29, 1.82) is 0 Å². The Labute approximate surface area is 157 Å². The maximum Gasteiger partial charge on any atom is 0.303 e. The van der Waals surface area contributed by atoms with Crippen LogP contribution in [0.2, 0.25) is 0 Å². The topological polar surface area (TPSA) is 89.9 Å². The highest BCUT2D eigenvalue weighted by Gasteiger charge is 2.24. The summed E-state index contributed by atoms with van der Waals surface area (Å²) < 4.78 is 11.2. The van der Waals surface area contributed by atoms with E-state index < -0.39 is 12.1 Å². The van der Waals surface area contributed by atoms with Gasteiger partial charge in [0.25, 0.3) is 0 Å². The molecular weight excluding hydrogens is 348 g/mol. The van der Waals surface area contributed by atoms with Crippen LogP contribution in [0.3, 0.4) is 0 Å². The van der Waals surface area contributed by atoms with Crippen LogP contribution in [0.4, 0.5) is 0 Å². The van der Waals surface area contributed by atoms with E-state index in [0.717, 1.165) is 0 Å². The van der Waals surface area contributed by atoms with Crippen LogP contribution in [0.5, 0.6) is 17.2 Å². The molecule has 6 nitrogen and oxygen atoms in total. The predicted molar refractivity (Wildman–Crippen MR) is 99.2 cm³/mol. The molecule has 0 heterocycles. The smallest absolute Gasteiger partial charge is 0.303 e. The van der Waals surface area contributed by atoms with E-state index in [0.29, 0.717) is 30.1 Å². The number of carboxylic acids is 1. The van der Waals surface area contributed by atoms with Gasteiger partial charge in [-0.15, -0.1) is 0 Å². The molecule has 27 heavy (non-hydrogen) atoms. The maximum atomic E-state index is 12.2. The molecule has 0 aromatic heterocycles. The van der Waals surface area contributed by atoms with Gasteiger partial charge in [0.15, 0.2) is 11.6 Å². The average molecular weight is 370 g/mol. The van der Waals surface area contributed by atoms with Crippen LogP contribution in [0.15, 0.2) is 54.6 Å². The lowest BCUT2D eigenvalue weighted by atomic mass is 10.0. The Kier molecular flexibility index (Phi) is 7.55. The summed E-state index contributed by atoms with van der Waals surface area (Å²) >= 11 is 0. The maximum absolute atomic E-state index is 12.2. The SMILES string of the molecule is CC(=O)C(Oc1ccc(Oc2ccccc2)cc1)C(=O)CCCCC(=O)O. The minimum absolute atomic E-state index is 0.00174. The Morgan fingerprint density at radius 3 is 2.00 bits per heavy atom. The van der Waals surface area contributed by atoms with E-state index in [1.54, 1.807) is 24.3 Å². The summed E-state index contributed by atoms with van der Waals surface area (Å²) in [5, 5.41) is 8.61. The van der Waals surface area contributed by atoms with Gasteiger partial charge >= 0.3 is 5.97 Å². The molecule has 142 valence electrons. The van der Waals surface area contributed by atoms with Crippen LogP contribution < -0.4 is 9.47 Å². The molecule has 1 unspecified atom stereocenters. The van der Waals surface area contributed by atoms with Crippen LogP contribution in [0, 0.1) is 0 Å². The number of para-hydroxylation sites is 1. The molecule has 0 aliphatic carbocycles. The lowest BCUT2D eigenvalue weighted by molar-refractivity contribution is -0.138. The minimum Gasteiger partial charge on any atom is -0.481 e. The molecule has 0 spiro atoms. The fourth-order valence-corrected chi connectivity index (χ4v) is 2.43. The number of ether oxygens (including phenoxy) is 2. The van der Waals surface area contributed by atoms with Gasteiger partial charge in [-0.3, -0.25) is 14.4 Å². The number of rotatable bonds is 11. The molecule has 0 amide bonds. The first-order valence-electron chi connectivity index (χ1n) is 8.70. The standard InChI is InChI=1S/C21H22O6/c1-15(22)21(19(23)9-5-6-10-20(24)25)27-18-13-11-17(12-14-18)26-16-7-3-2-4-8-16/h2-4,7-8,11-14,21H,5-6,9-10H2,1H3,(H,24,25). The third-order valence-electron chi connectivity index (χ3n) is 3.78. The van der Waals surface area contributed by atoms with Crippen LogP contribution in [-0.2, 0) is 14.4 Å². The summed E-state index contributed by atoms with van der Waals surface area (Å²) in [6.45, 7) is 1.30. The van der Waals surface area contributed by atoms with Gasteiger partial charge in [0, 0.05) is 12.8 Å². The normalized spacial score (nSPS) is 11.4. The Morgan fingerprint density at radius 2 is 1.41 bits per heavy atom. The summed E-state index contributed by atoms with van der Waals surface area (Å²) in [5.74, 6) is 0.0479. The highest BCUT2D eigenvalue weighted by molar-refractivity contribution is 6.04. The van der Waals surface area contributed by atoms with Crippen molar-refractivity contribution in [3.63, 3.8) is 0 Å². The van der Waals surface area contributed by atoms with Crippen molar-refractivity contribution >= 4 is 17.5 Å². The van der Waals surface area contributed by atoms with Crippen molar-refractivity contribution < 1.29 is 29.0 Å². The number of ketones is 2. The first-order valence-corrected chi connectivity index (χ1v) is 8.70. The van der Waals surface area contributed by atoms with E-state index in [2.05, 4.69) is 0 Å². The van der Waals surface area contributed by atoms with Crippen molar-refractivity contribution in [3.8, 4) is 17.2 Å². The fourth-order valence-electron chi connectivity index (χ4n) is 2.43. The molecule has 0 aliphatic rings. The van der Waals surface area contributed by atoms with E-state index in [1.807, 2.05) is 30.3 Å². The van der Waals surface area contributed by atoms with Crippen LogP contribution in [0.1, 0.15) is 32.6 Å². The van der Waals surface area contributed by atoms with Gasteiger partial charge in [-0.05, 0) is 56.2 Å². The van der Waals surface area contributed by atoms with E-state index in [9.17, 15) is 14.4 Å². The second-order valence-corrected chi connectivity index (χ2v) is 6.06. The van der Waals surface area contributed by atoms with E-state index in [4.69, 9.17) is 14.6 Å². The Bertz CT molecular complexity index is 767. The molecule has 0 saturated heterocycles. The van der Waals surface area contributed by atoms with E-state index in [1.165, 1.54) is 6.92 Å². The molecular formula is C21H22O6. The Hall–Kier alpha value is -3.15. The monoisotopic (exact) mass is 370 g/mol. The quantitative estimate of drug-likeness (QED) is 0.474. The van der Waals surface area contributed by atoms with Crippen LogP contribution in [-0.4, -0.2) is 28.7 Å². The van der Waals surface area contributed by atoms with Gasteiger partial charge in [-0.2, -0.15) is 0 Å². The van der Waals surface area contributed by atoms with Crippen molar-refractivity contribution in [1.82, 2.24) is 0 Å². The highest BCUT2D eigenvalue weighted by atomic mass is 16.5. The van der Waals surface area contributed by atoms with Crippen molar-refractivity contribution in [3.05, 3.63) is 54.6 Å². The zero-order chi connectivity index (χ0) is 19.6. The van der Waals surface area contributed by atoms with Crippen molar-refractivity contribution in [2.75, 3.05) is 0 Å². The zero-order valence-corrected chi connectivity index (χ0v) is 15.1. The molecule has 0 bridgehead atoms. The molecule has 2 aromatic rings. The fraction of sp³-hybridized carbons (Fsp3) is 0.286.